The van der Waals surface area contributed by atoms with Crippen LogP contribution in [-0.4, -0.2) is 24.7 Å². The fourth-order valence-electron chi connectivity index (χ4n) is 1.57. The average Bonchev–Trinajstić information content (AvgIpc) is 2.29. The molecule has 0 aromatic heterocycles. The highest BCUT2D eigenvalue weighted by Crippen LogP contribution is 2.21. The van der Waals surface area contributed by atoms with Crippen molar-refractivity contribution in [1.29, 1.82) is 0 Å². The summed E-state index contributed by atoms with van der Waals surface area (Å²) in [5, 5.41) is 2.30. The predicted octanol–water partition coefficient (Wildman–Crippen LogP) is 1.85. The maximum atomic E-state index is 11.5. The zero-order chi connectivity index (χ0) is 11.5. The van der Waals surface area contributed by atoms with E-state index in [1.54, 1.807) is 16.7 Å². The van der Waals surface area contributed by atoms with Gasteiger partial charge in [0.15, 0.2) is 0 Å². The second-order valence-electron chi connectivity index (χ2n) is 3.45. The maximum absolute atomic E-state index is 11.5. The summed E-state index contributed by atoms with van der Waals surface area (Å²) in [6, 6.07) is 7.36. The minimum absolute atomic E-state index is 0.206. The number of nitrogens with zero attached hydrogens (tertiary/aromatic N) is 1. The van der Waals surface area contributed by atoms with Crippen molar-refractivity contribution < 1.29 is 9.59 Å². The Kier molecular flexibility index (Phi) is 3.14. The highest BCUT2D eigenvalue weighted by atomic mass is 32.2. The van der Waals surface area contributed by atoms with Crippen LogP contribution in [0.4, 0.5) is 10.5 Å². The predicted molar refractivity (Wildman–Crippen MR) is 63.7 cm³/mol. The van der Waals surface area contributed by atoms with Crippen LogP contribution in [0.3, 0.4) is 0 Å². The molecular weight excluding hydrogens is 224 g/mol. The Labute approximate surface area is 98.0 Å². The number of amides is 3. The van der Waals surface area contributed by atoms with Gasteiger partial charge >= 0.3 is 6.03 Å². The van der Waals surface area contributed by atoms with Crippen molar-refractivity contribution in [3.8, 4) is 0 Å². The number of hydrogen-bond donors (Lipinski definition) is 1. The third kappa shape index (κ3) is 2.19. The second kappa shape index (κ2) is 4.57. The summed E-state index contributed by atoms with van der Waals surface area (Å²) in [4.78, 5) is 25.3. The number of rotatable bonds is 2. The normalized spacial score (nSPS) is 16.2. The quantitative estimate of drug-likeness (QED) is 0.797. The highest BCUT2D eigenvalue weighted by molar-refractivity contribution is 7.98. The van der Waals surface area contributed by atoms with Gasteiger partial charge in [0.05, 0.1) is 0 Å². The first-order valence-electron chi connectivity index (χ1n) is 4.96. The Balaban J connectivity index is 2.17. The number of nitrogens with one attached hydrogen (secondary N) is 1. The van der Waals surface area contributed by atoms with E-state index in [2.05, 4.69) is 5.32 Å². The number of benzene rings is 1. The van der Waals surface area contributed by atoms with Gasteiger partial charge in [-0.3, -0.25) is 15.0 Å². The number of imide groups is 1. The first-order chi connectivity index (χ1) is 7.70. The molecule has 16 heavy (non-hydrogen) atoms. The zero-order valence-corrected chi connectivity index (χ0v) is 9.71. The fourth-order valence-corrected chi connectivity index (χ4v) is 1.98. The maximum Gasteiger partial charge on any atom is 0.328 e. The van der Waals surface area contributed by atoms with Crippen molar-refractivity contribution >= 4 is 29.4 Å². The molecule has 5 heteroatoms. The summed E-state index contributed by atoms with van der Waals surface area (Å²) in [5.74, 6) is -0.206. The van der Waals surface area contributed by atoms with Gasteiger partial charge in [-0.1, -0.05) is 0 Å². The molecule has 0 spiro atoms. The number of urea groups is 1. The van der Waals surface area contributed by atoms with E-state index in [0.29, 0.717) is 13.0 Å². The highest BCUT2D eigenvalue weighted by Gasteiger charge is 2.23. The molecule has 0 atom stereocenters. The minimum Gasteiger partial charge on any atom is -0.294 e. The SMILES string of the molecule is CSc1ccc(N2CCC(=O)NC2=O)cc1. The number of carbonyl (C=O) groups excluding carboxylic acids is 2. The van der Waals surface area contributed by atoms with E-state index in [0.717, 1.165) is 10.6 Å². The summed E-state index contributed by atoms with van der Waals surface area (Å²) >= 11 is 1.65. The van der Waals surface area contributed by atoms with Crippen LogP contribution in [0.2, 0.25) is 0 Å². The van der Waals surface area contributed by atoms with Gasteiger partial charge in [0.25, 0.3) is 0 Å². The Morgan fingerprint density at radius 2 is 1.94 bits per heavy atom. The van der Waals surface area contributed by atoms with Crippen LogP contribution in [0.25, 0.3) is 0 Å². The number of hydrogen-bond acceptors (Lipinski definition) is 3. The molecule has 1 heterocycles. The van der Waals surface area contributed by atoms with Gasteiger partial charge in [-0.2, -0.15) is 0 Å². The van der Waals surface area contributed by atoms with Crippen molar-refractivity contribution in [3.05, 3.63) is 24.3 Å². The van der Waals surface area contributed by atoms with Crippen molar-refractivity contribution in [1.82, 2.24) is 5.32 Å². The number of carbonyl (C=O) groups is 2. The molecule has 1 fully saturated rings. The van der Waals surface area contributed by atoms with Crippen LogP contribution < -0.4 is 10.2 Å². The van der Waals surface area contributed by atoms with E-state index in [1.165, 1.54) is 0 Å². The lowest BCUT2D eigenvalue weighted by molar-refractivity contribution is -0.120. The molecule has 0 aliphatic carbocycles. The fraction of sp³-hybridized carbons (Fsp3) is 0.273. The van der Waals surface area contributed by atoms with Crippen molar-refractivity contribution in [2.45, 2.75) is 11.3 Å². The van der Waals surface area contributed by atoms with Gasteiger partial charge in [-0.15, -0.1) is 11.8 Å². The average molecular weight is 236 g/mol. The van der Waals surface area contributed by atoms with E-state index in [4.69, 9.17) is 0 Å². The van der Waals surface area contributed by atoms with E-state index in [1.807, 2.05) is 30.5 Å². The molecule has 1 aromatic rings. The van der Waals surface area contributed by atoms with Gasteiger partial charge in [-0.05, 0) is 30.5 Å². The Bertz CT molecular complexity index is 416. The molecule has 0 saturated carbocycles. The Morgan fingerprint density at radius 3 is 2.50 bits per heavy atom. The largest absolute Gasteiger partial charge is 0.328 e. The standard InChI is InChI=1S/C11H12N2O2S/c1-16-9-4-2-8(3-5-9)13-7-6-10(14)12-11(13)15/h2-5H,6-7H2,1H3,(H,12,14,15). The molecule has 0 radical (unpaired) electrons. The van der Waals surface area contributed by atoms with Crippen LogP contribution in [0, 0.1) is 0 Å². The lowest BCUT2D eigenvalue weighted by Crippen LogP contribution is -2.49. The molecule has 1 aliphatic rings. The molecule has 3 amide bonds. The molecular formula is C11H12N2O2S. The van der Waals surface area contributed by atoms with Crippen LogP contribution in [0.15, 0.2) is 29.2 Å². The van der Waals surface area contributed by atoms with Crippen LogP contribution >= 0.6 is 11.8 Å². The Morgan fingerprint density at radius 1 is 1.25 bits per heavy atom. The molecule has 84 valence electrons. The molecule has 1 N–H and O–H groups in total. The van der Waals surface area contributed by atoms with E-state index in [-0.39, 0.29) is 11.9 Å². The van der Waals surface area contributed by atoms with Gasteiger partial charge < -0.3 is 0 Å². The van der Waals surface area contributed by atoms with Crippen molar-refractivity contribution in [2.24, 2.45) is 0 Å². The summed E-state index contributed by atoms with van der Waals surface area (Å²) in [7, 11) is 0. The van der Waals surface area contributed by atoms with E-state index in [9.17, 15) is 9.59 Å². The van der Waals surface area contributed by atoms with Gasteiger partial charge in [0.2, 0.25) is 5.91 Å². The molecule has 1 saturated heterocycles. The van der Waals surface area contributed by atoms with Crippen LogP contribution in [0.5, 0.6) is 0 Å². The molecule has 0 bridgehead atoms. The summed E-state index contributed by atoms with van der Waals surface area (Å²) in [6.45, 7) is 0.448. The van der Waals surface area contributed by atoms with Crippen LogP contribution in [-0.2, 0) is 4.79 Å². The zero-order valence-electron chi connectivity index (χ0n) is 8.90. The summed E-state index contributed by atoms with van der Waals surface area (Å²) in [6.07, 6.45) is 2.36. The van der Waals surface area contributed by atoms with Gasteiger partial charge in [0.1, 0.15) is 0 Å². The second-order valence-corrected chi connectivity index (χ2v) is 4.33. The third-order valence-corrected chi connectivity index (χ3v) is 3.18. The smallest absolute Gasteiger partial charge is 0.294 e. The van der Waals surface area contributed by atoms with Crippen LogP contribution in [0.1, 0.15) is 6.42 Å². The molecule has 1 aromatic carbocycles. The molecule has 0 unspecified atom stereocenters. The van der Waals surface area contributed by atoms with E-state index < -0.39 is 0 Å². The summed E-state index contributed by atoms with van der Waals surface area (Å²) in [5.41, 5.74) is 0.822. The third-order valence-electron chi connectivity index (χ3n) is 2.44. The lowest BCUT2D eigenvalue weighted by atomic mass is 10.2. The monoisotopic (exact) mass is 236 g/mol. The first kappa shape index (κ1) is 11.0. The summed E-state index contributed by atoms with van der Waals surface area (Å²) < 4.78 is 0. The number of thioether (sulfide) groups is 1. The van der Waals surface area contributed by atoms with Gasteiger partial charge in [0, 0.05) is 23.5 Å². The minimum atomic E-state index is -0.340. The number of anilines is 1. The van der Waals surface area contributed by atoms with Crippen molar-refractivity contribution in [2.75, 3.05) is 17.7 Å². The van der Waals surface area contributed by atoms with Gasteiger partial charge in [-0.25, -0.2) is 4.79 Å². The molecule has 1 aliphatic heterocycles. The van der Waals surface area contributed by atoms with E-state index >= 15 is 0 Å². The first-order valence-corrected chi connectivity index (χ1v) is 6.18. The molecule has 4 nitrogen and oxygen atoms in total. The van der Waals surface area contributed by atoms with Crippen molar-refractivity contribution in [3.63, 3.8) is 0 Å². The topological polar surface area (TPSA) is 49.4 Å². The Hall–Kier alpha value is -1.49. The lowest BCUT2D eigenvalue weighted by Gasteiger charge is -2.26. The molecule has 2 rings (SSSR count).